The van der Waals surface area contributed by atoms with Gasteiger partial charge in [-0.05, 0) is 44.2 Å². The lowest BCUT2D eigenvalue weighted by Gasteiger charge is -2.22. The molecule has 1 aliphatic heterocycles. The average Bonchev–Trinajstić information content (AvgIpc) is 2.67. The summed E-state index contributed by atoms with van der Waals surface area (Å²) < 4.78 is 16.6. The van der Waals surface area contributed by atoms with Crippen molar-refractivity contribution < 1.29 is 14.2 Å². The molecule has 0 atom stereocenters. The minimum Gasteiger partial charge on any atom is -0.496 e. The van der Waals surface area contributed by atoms with Crippen molar-refractivity contribution in [1.82, 2.24) is 10.6 Å². The van der Waals surface area contributed by atoms with Crippen LogP contribution in [0.2, 0.25) is 0 Å². The number of guanidine groups is 1. The summed E-state index contributed by atoms with van der Waals surface area (Å²) in [6.45, 7) is 6.17. The molecule has 2 N–H and O–H groups in total. The third-order valence-electron chi connectivity index (χ3n) is 4.48. The van der Waals surface area contributed by atoms with E-state index < -0.39 is 0 Å². The number of aryl methyl sites for hydroxylation is 1. The van der Waals surface area contributed by atoms with Crippen molar-refractivity contribution in [3.8, 4) is 5.75 Å². The third kappa shape index (κ3) is 7.22. The largest absolute Gasteiger partial charge is 0.496 e. The topological polar surface area (TPSA) is 64.1 Å². The van der Waals surface area contributed by atoms with Gasteiger partial charge in [-0.1, -0.05) is 17.7 Å². The van der Waals surface area contributed by atoms with Gasteiger partial charge in [0.2, 0.25) is 0 Å². The lowest BCUT2D eigenvalue weighted by molar-refractivity contribution is -0.0320. The van der Waals surface area contributed by atoms with Gasteiger partial charge < -0.3 is 24.8 Å². The highest BCUT2D eigenvalue weighted by Gasteiger charge is 2.13. The SMILES string of the molecule is CN=C(NCCCOC1CCOCC1)NCCc1cc(C)ccc1OC. The number of rotatable bonds is 9. The average molecular weight is 364 g/mol. The second-order valence-corrected chi connectivity index (χ2v) is 6.53. The first-order chi connectivity index (χ1) is 12.7. The second kappa shape index (κ2) is 11.8. The number of nitrogens with zero attached hydrogens (tertiary/aromatic N) is 1. The molecule has 1 saturated heterocycles. The summed E-state index contributed by atoms with van der Waals surface area (Å²) in [7, 11) is 3.51. The number of ether oxygens (including phenoxy) is 3. The van der Waals surface area contributed by atoms with Gasteiger partial charge in [0.25, 0.3) is 0 Å². The lowest BCUT2D eigenvalue weighted by Crippen LogP contribution is -2.39. The monoisotopic (exact) mass is 363 g/mol. The van der Waals surface area contributed by atoms with Gasteiger partial charge in [0.1, 0.15) is 5.75 Å². The molecule has 6 heteroatoms. The van der Waals surface area contributed by atoms with Crippen molar-refractivity contribution >= 4 is 5.96 Å². The molecule has 146 valence electrons. The Morgan fingerprint density at radius 2 is 2.00 bits per heavy atom. The van der Waals surface area contributed by atoms with Gasteiger partial charge in [-0.25, -0.2) is 0 Å². The summed E-state index contributed by atoms with van der Waals surface area (Å²) >= 11 is 0. The highest BCUT2D eigenvalue weighted by molar-refractivity contribution is 5.79. The molecule has 1 aliphatic rings. The van der Waals surface area contributed by atoms with Crippen molar-refractivity contribution in [2.45, 2.75) is 38.7 Å². The Bertz CT molecular complexity index is 557. The Hall–Kier alpha value is -1.79. The predicted molar refractivity (Wildman–Crippen MR) is 105 cm³/mol. The molecular formula is C20H33N3O3. The first-order valence-corrected chi connectivity index (χ1v) is 9.50. The number of benzene rings is 1. The zero-order chi connectivity index (χ0) is 18.6. The Morgan fingerprint density at radius 3 is 2.73 bits per heavy atom. The van der Waals surface area contributed by atoms with E-state index in [1.54, 1.807) is 14.2 Å². The molecule has 1 heterocycles. The van der Waals surface area contributed by atoms with E-state index in [4.69, 9.17) is 14.2 Å². The van der Waals surface area contributed by atoms with Crippen LogP contribution in [-0.4, -0.2) is 59.1 Å². The quantitative estimate of drug-likeness (QED) is 0.400. The molecule has 0 unspecified atom stereocenters. The van der Waals surface area contributed by atoms with Crippen LogP contribution < -0.4 is 15.4 Å². The van der Waals surface area contributed by atoms with E-state index in [0.29, 0.717) is 6.10 Å². The smallest absolute Gasteiger partial charge is 0.190 e. The van der Waals surface area contributed by atoms with Gasteiger partial charge in [0.05, 0.1) is 13.2 Å². The molecule has 1 aromatic carbocycles. The first-order valence-electron chi connectivity index (χ1n) is 9.50. The number of hydrogen-bond donors (Lipinski definition) is 2. The summed E-state index contributed by atoms with van der Waals surface area (Å²) in [6, 6.07) is 6.26. The van der Waals surface area contributed by atoms with E-state index in [0.717, 1.165) is 70.3 Å². The van der Waals surface area contributed by atoms with Gasteiger partial charge in [-0.2, -0.15) is 0 Å². The zero-order valence-corrected chi connectivity index (χ0v) is 16.3. The molecule has 0 radical (unpaired) electrons. The van der Waals surface area contributed by atoms with Crippen molar-refractivity contribution in [3.63, 3.8) is 0 Å². The van der Waals surface area contributed by atoms with E-state index in [1.807, 2.05) is 6.07 Å². The maximum absolute atomic E-state index is 5.88. The van der Waals surface area contributed by atoms with E-state index >= 15 is 0 Å². The first kappa shape index (κ1) is 20.5. The lowest BCUT2D eigenvalue weighted by atomic mass is 10.1. The molecule has 6 nitrogen and oxygen atoms in total. The van der Waals surface area contributed by atoms with Crippen LogP contribution in [0.1, 0.15) is 30.4 Å². The summed E-state index contributed by atoms with van der Waals surface area (Å²) in [6.07, 6.45) is 4.24. The molecule has 26 heavy (non-hydrogen) atoms. The van der Waals surface area contributed by atoms with Crippen LogP contribution in [0.5, 0.6) is 5.75 Å². The molecule has 1 aromatic rings. The van der Waals surface area contributed by atoms with Crippen LogP contribution in [0.3, 0.4) is 0 Å². The van der Waals surface area contributed by atoms with E-state index in [1.165, 1.54) is 11.1 Å². The van der Waals surface area contributed by atoms with Crippen LogP contribution in [0.15, 0.2) is 23.2 Å². The second-order valence-electron chi connectivity index (χ2n) is 6.53. The number of methoxy groups -OCH3 is 1. The number of nitrogens with one attached hydrogen (secondary N) is 2. The van der Waals surface area contributed by atoms with Crippen LogP contribution in [0.25, 0.3) is 0 Å². The van der Waals surface area contributed by atoms with Crippen molar-refractivity contribution in [1.29, 1.82) is 0 Å². The fraction of sp³-hybridized carbons (Fsp3) is 0.650. The molecule has 2 rings (SSSR count). The Labute approximate surface area is 157 Å². The van der Waals surface area contributed by atoms with Gasteiger partial charge in [-0.15, -0.1) is 0 Å². The summed E-state index contributed by atoms with van der Waals surface area (Å²) in [4.78, 5) is 4.27. The molecule has 0 aromatic heterocycles. The summed E-state index contributed by atoms with van der Waals surface area (Å²) in [5.74, 6) is 1.76. The maximum atomic E-state index is 5.88. The molecule has 0 aliphatic carbocycles. The van der Waals surface area contributed by atoms with Gasteiger partial charge in [-0.3, -0.25) is 4.99 Å². The molecule has 1 fully saturated rings. The van der Waals surface area contributed by atoms with E-state index in [9.17, 15) is 0 Å². The minimum absolute atomic E-state index is 0.366. The summed E-state index contributed by atoms with van der Waals surface area (Å²) in [5, 5.41) is 6.69. The molecular weight excluding hydrogens is 330 g/mol. The van der Waals surface area contributed by atoms with Crippen molar-refractivity contribution in [2.24, 2.45) is 4.99 Å². The minimum atomic E-state index is 0.366. The van der Waals surface area contributed by atoms with Crippen molar-refractivity contribution in [2.75, 3.05) is 47.1 Å². The van der Waals surface area contributed by atoms with E-state index in [-0.39, 0.29) is 0 Å². The Balaban J connectivity index is 1.61. The normalized spacial score (nSPS) is 15.7. The maximum Gasteiger partial charge on any atom is 0.190 e. The third-order valence-corrected chi connectivity index (χ3v) is 4.48. The van der Waals surface area contributed by atoms with Crippen LogP contribution in [-0.2, 0) is 15.9 Å². The zero-order valence-electron chi connectivity index (χ0n) is 16.3. The van der Waals surface area contributed by atoms with Crippen LogP contribution in [0.4, 0.5) is 0 Å². The number of aliphatic imine (C=N–C) groups is 1. The van der Waals surface area contributed by atoms with E-state index in [2.05, 4.69) is 34.7 Å². The standard InChI is InChI=1S/C20H33N3O3/c1-16-5-6-19(24-3)17(15-16)7-11-23-20(21-2)22-10-4-12-26-18-8-13-25-14-9-18/h5-6,15,18H,4,7-14H2,1-3H3,(H2,21,22,23). The fourth-order valence-corrected chi connectivity index (χ4v) is 3.01. The Kier molecular flexibility index (Phi) is 9.28. The van der Waals surface area contributed by atoms with Crippen molar-refractivity contribution in [3.05, 3.63) is 29.3 Å². The highest BCUT2D eigenvalue weighted by atomic mass is 16.5. The van der Waals surface area contributed by atoms with Gasteiger partial charge in [0.15, 0.2) is 5.96 Å². The molecule has 0 spiro atoms. The molecule has 0 saturated carbocycles. The van der Waals surface area contributed by atoms with Gasteiger partial charge in [0, 0.05) is 40.0 Å². The van der Waals surface area contributed by atoms with Crippen LogP contribution in [0, 0.1) is 6.92 Å². The number of hydrogen-bond acceptors (Lipinski definition) is 4. The summed E-state index contributed by atoms with van der Waals surface area (Å²) in [5.41, 5.74) is 2.45. The molecule has 0 bridgehead atoms. The van der Waals surface area contributed by atoms with Gasteiger partial charge >= 0.3 is 0 Å². The fourth-order valence-electron chi connectivity index (χ4n) is 3.01. The predicted octanol–water partition coefficient (Wildman–Crippen LogP) is 2.30. The van der Waals surface area contributed by atoms with Crippen LogP contribution >= 0.6 is 0 Å². The Morgan fingerprint density at radius 1 is 1.23 bits per heavy atom. The molecule has 0 amide bonds. The highest BCUT2D eigenvalue weighted by Crippen LogP contribution is 2.19.